The Kier molecular flexibility index (Phi) is 5.84. The Bertz CT molecular complexity index is 690. The van der Waals surface area contributed by atoms with Gasteiger partial charge in [-0.15, -0.1) is 0 Å². The number of hydrogen-bond donors (Lipinski definition) is 1. The standard InChI is InChI=1S/C17H18ClNO4/c1-3-12-8-9-16(14(18)10-12)23-11-13-6-4-5-7-15(13)19(21)17(20)22-2/h4-10,21H,3,11H2,1-2H3. The lowest BCUT2D eigenvalue weighted by Crippen LogP contribution is -2.27. The zero-order chi connectivity index (χ0) is 16.8. The largest absolute Gasteiger partial charge is 0.487 e. The van der Waals surface area contributed by atoms with Gasteiger partial charge in [0.2, 0.25) is 0 Å². The molecule has 2 aromatic carbocycles. The molecule has 0 aliphatic heterocycles. The van der Waals surface area contributed by atoms with Gasteiger partial charge in [-0.3, -0.25) is 5.21 Å². The number of methoxy groups -OCH3 is 1. The second kappa shape index (κ2) is 7.85. The number of carbonyl (C=O) groups excluding carboxylic acids is 1. The lowest BCUT2D eigenvalue weighted by molar-refractivity contribution is 0.140. The van der Waals surface area contributed by atoms with Crippen LogP contribution in [0.4, 0.5) is 10.5 Å². The van der Waals surface area contributed by atoms with Crippen molar-refractivity contribution in [2.75, 3.05) is 12.2 Å². The molecule has 1 amide bonds. The Morgan fingerprint density at radius 1 is 1.26 bits per heavy atom. The van der Waals surface area contributed by atoms with E-state index in [4.69, 9.17) is 16.3 Å². The molecule has 0 radical (unpaired) electrons. The van der Waals surface area contributed by atoms with Crippen LogP contribution >= 0.6 is 11.6 Å². The molecule has 0 spiro atoms. The van der Waals surface area contributed by atoms with Gasteiger partial charge in [0, 0.05) is 5.56 Å². The van der Waals surface area contributed by atoms with Crippen LogP contribution in [0, 0.1) is 0 Å². The van der Waals surface area contributed by atoms with Crippen LogP contribution in [-0.4, -0.2) is 18.4 Å². The van der Waals surface area contributed by atoms with E-state index in [0.29, 0.717) is 27.1 Å². The van der Waals surface area contributed by atoms with Crippen molar-refractivity contribution in [1.82, 2.24) is 0 Å². The number of ether oxygens (including phenoxy) is 2. The second-order valence-corrected chi connectivity index (χ2v) is 5.22. The minimum atomic E-state index is -0.872. The van der Waals surface area contributed by atoms with Crippen LogP contribution in [0.15, 0.2) is 42.5 Å². The Labute approximate surface area is 140 Å². The zero-order valence-electron chi connectivity index (χ0n) is 13.0. The highest BCUT2D eigenvalue weighted by Gasteiger charge is 2.17. The van der Waals surface area contributed by atoms with E-state index in [1.807, 2.05) is 19.1 Å². The summed E-state index contributed by atoms with van der Waals surface area (Å²) in [6.45, 7) is 2.19. The van der Waals surface area contributed by atoms with Gasteiger partial charge in [0.1, 0.15) is 12.4 Å². The van der Waals surface area contributed by atoms with Gasteiger partial charge in [0.25, 0.3) is 0 Å². The fraction of sp³-hybridized carbons (Fsp3) is 0.235. The van der Waals surface area contributed by atoms with E-state index in [9.17, 15) is 10.0 Å². The third kappa shape index (κ3) is 4.15. The average Bonchev–Trinajstić information content (AvgIpc) is 2.59. The summed E-state index contributed by atoms with van der Waals surface area (Å²) in [6.07, 6.45) is 0.0179. The number of anilines is 1. The maximum atomic E-state index is 11.5. The highest BCUT2D eigenvalue weighted by molar-refractivity contribution is 6.32. The molecule has 0 unspecified atom stereocenters. The highest BCUT2D eigenvalue weighted by Crippen LogP contribution is 2.28. The van der Waals surface area contributed by atoms with Crippen LogP contribution in [0.5, 0.6) is 5.75 Å². The predicted molar refractivity (Wildman–Crippen MR) is 88.3 cm³/mol. The monoisotopic (exact) mass is 335 g/mol. The molecule has 0 saturated carbocycles. The molecule has 5 nitrogen and oxygen atoms in total. The molecule has 0 aliphatic carbocycles. The molecule has 1 N–H and O–H groups in total. The van der Waals surface area contributed by atoms with Crippen molar-refractivity contribution >= 4 is 23.4 Å². The first-order valence-electron chi connectivity index (χ1n) is 7.13. The minimum Gasteiger partial charge on any atom is -0.487 e. The van der Waals surface area contributed by atoms with Gasteiger partial charge >= 0.3 is 6.09 Å². The maximum absolute atomic E-state index is 11.5. The van der Waals surface area contributed by atoms with Gasteiger partial charge < -0.3 is 9.47 Å². The van der Waals surface area contributed by atoms with Crippen LogP contribution in [-0.2, 0) is 17.8 Å². The maximum Gasteiger partial charge on any atom is 0.438 e. The average molecular weight is 336 g/mol. The lowest BCUT2D eigenvalue weighted by atomic mass is 10.1. The van der Waals surface area contributed by atoms with Gasteiger partial charge in [0.05, 0.1) is 17.8 Å². The topological polar surface area (TPSA) is 59.0 Å². The number of halogens is 1. The molecule has 2 rings (SSSR count). The molecule has 2 aromatic rings. The van der Waals surface area contributed by atoms with Crippen molar-refractivity contribution in [1.29, 1.82) is 0 Å². The van der Waals surface area contributed by atoms with Crippen molar-refractivity contribution in [3.63, 3.8) is 0 Å². The van der Waals surface area contributed by atoms with Crippen LogP contribution in [0.25, 0.3) is 0 Å². The summed E-state index contributed by atoms with van der Waals surface area (Å²) < 4.78 is 10.2. The summed E-state index contributed by atoms with van der Waals surface area (Å²) in [7, 11) is 1.19. The fourth-order valence-corrected chi connectivity index (χ4v) is 2.32. The van der Waals surface area contributed by atoms with Gasteiger partial charge in [0.15, 0.2) is 0 Å². The van der Waals surface area contributed by atoms with E-state index >= 15 is 0 Å². The number of hydroxylamine groups is 1. The minimum absolute atomic E-state index is 0.148. The molecule has 0 fully saturated rings. The second-order valence-electron chi connectivity index (χ2n) is 4.82. The van der Waals surface area contributed by atoms with E-state index in [0.717, 1.165) is 12.0 Å². The van der Waals surface area contributed by atoms with Crippen molar-refractivity contribution in [3.05, 3.63) is 58.6 Å². The molecular weight excluding hydrogens is 318 g/mol. The number of aryl methyl sites for hydroxylation is 1. The number of rotatable bonds is 5. The van der Waals surface area contributed by atoms with Crippen LogP contribution in [0.2, 0.25) is 5.02 Å². The summed E-state index contributed by atoms with van der Waals surface area (Å²) >= 11 is 6.19. The molecule has 6 heteroatoms. The summed E-state index contributed by atoms with van der Waals surface area (Å²) in [6, 6.07) is 12.4. The van der Waals surface area contributed by atoms with Gasteiger partial charge in [-0.05, 0) is 30.2 Å². The van der Waals surface area contributed by atoms with E-state index < -0.39 is 6.09 Å². The number of para-hydroxylation sites is 1. The quantitative estimate of drug-likeness (QED) is 0.648. The number of hydrogen-bond acceptors (Lipinski definition) is 4. The number of amides is 1. The van der Waals surface area contributed by atoms with Crippen molar-refractivity contribution < 1.29 is 19.5 Å². The molecule has 0 heterocycles. The van der Waals surface area contributed by atoms with E-state index in [2.05, 4.69) is 4.74 Å². The summed E-state index contributed by atoms with van der Waals surface area (Å²) in [4.78, 5) is 11.5. The summed E-state index contributed by atoms with van der Waals surface area (Å²) in [5.41, 5.74) is 2.03. The molecule has 0 aliphatic rings. The smallest absolute Gasteiger partial charge is 0.438 e. The van der Waals surface area contributed by atoms with Crippen LogP contribution in [0.1, 0.15) is 18.1 Å². The van der Waals surface area contributed by atoms with Gasteiger partial charge in [-0.25, -0.2) is 4.79 Å². The Morgan fingerprint density at radius 2 is 2.00 bits per heavy atom. The van der Waals surface area contributed by atoms with Crippen molar-refractivity contribution in [2.24, 2.45) is 0 Å². The fourth-order valence-electron chi connectivity index (χ4n) is 2.06. The Morgan fingerprint density at radius 3 is 2.65 bits per heavy atom. The first-order valence-corrected chi connectivity index (χ1v) is 7.50. The highest BCUT2D eigenvalue weighted by atomic mass is 35.5. The molecule has 0 bridgehead atoms. The number of carbonyl (C=O) groups is 1. The third-order valence-electron chi connectivity index (χ3n) is 3.36. The molecule has 122 valence electrons. The predicted octanol–water partition coefficient (Wildman–Crippen LogP) is 4.44. The van der Waals surface area contributed by atoms with E-state index in [-0.39, 0.29) is 6.61 Å². The van der Waals surface area contributed by atoms with Crippen LogP contribution in [0.3, 0.4) is 0 Å². The first kappa shape index (κ1) is 17.1. The van der Waals surface area contributed by atoms with E-state index in [1.54, 1.807) is 30.3 Å². The first-order chi connectivity index (χ1) is 11.1. The molecular formula is C17H18ClNO4. The molecule has 0 aromatic heterocycles. The molecule has 0 saturated heterocycles. The molecule has 0 atom stereocenters. The van der Waals surface area contributed by atoms with Crippen molar-refractivity contribution in [2.45, 2.75) is 20.0 Å². The summed E-state index contributed by atoms with van der Waals surface area (Å²) in [5.74, 6) is 0.543. The molecule has 23 heavy (non-hydrogen) atoms. The zero-order valence-corrected chi connectivity index (χ0v) is 13.7. The Hall–Kier alpha value is -2.24. The summed E-state index contributed by atoms with van der Waals surface area (Å²) in [5, 5.41) is 10.8. The normalized spacial score (nSPS) is 10.3. The van der Waals surface area contributed by atoms with Gasteiger partial charge in [-0.1, -0.05) is 42.8 Å². The third-order valence-corrected chi connectivity index (χ3v) is 3.65. The Balaban J connectivity index is 2.16. The SMILES string of the molecule is CCc1ccc(OCc2ccccc2N(O)C(=O)OC)c(Cl)c1. The van der Waals surface area contributed by atoms with Crippen molar-refractivity contribution in [3.8, 4) is 5.75 Å². The lowest BCUT2D eigenvalue weighted by Gasteiger charge is -2.17. The van der Waals surface area contributed by atoms with Gasteiger partial charge in [-0.2, -0.15) is 5.06 Å². The number of nitrogens with zero attached hydrogens (tertiary/aromatic N) is 1. The van der Waals surface area contributed by atoms with E-state index in [1.165, 1.54) is 7.11 Å². The van der Waals surface area contributed by atoms with Crippen LogP contribution < -0.4 is 9.80 Å². The number of benzene rings is 2.